The van der Waals surface area contributed by atoms with E-state index in [2.05, 4.69) is 46.0 Å². The third-order valence-electron chi connectivity index (χ3n) is 3.13. The number of benzene rings is 2. The third kappa shape index (κ3) is 4.07. The van der Waals surface area contributed by atoms with Crippen LogP contribution in [0.25, 0.3) is 0 Å². The zero-order valence-electron chi connectivity index (χ0n) is 11.8. The Labute approximate surface area is 120 Å². The standard InChI is InChI=1S/C18H18N2/c1-15(17-9-5-3-6-10-17)19-13-14-20-16(2)18-11-7-4-8-12-18/h3-12,15-16H,1-2H3. The van der Waals surface area contributed by atoms with Crippen LogP contribution in [0.15, 0.2) is 70.6 Å². The Bertz CT molecular complexity index is 561. The van der Waals surface area contributed by atoms with Crippen molar-refractivity contribution >= 4 is 11.7 Å². The van der Waals surface area contributed by atoms with Crippen LogP contribution in [0.4, 0.5) is 0 Å². The summed E-state index contributed by atoms with van der Waals surface area (Å²) in [5.41, 5.74) is 2.33. The van der Waals surface area contributed by atoms with Gasteiger partial charge in [0, 0.05) is 0 Å². The topological polar surface area (TPSA) is 24.7 Å². The molecule has 0 aromatic heterocycles. The summed E-state index contributed by atoms with van der Waals surface area (Å²) in [4.78, 5) is 8.61. The maximum Gasteiger partial charge on any atom is 0.0822 e. The van der Waals surface area contributed by atoms with Crippen LogP contribution in [0.2, 0.25) is 0 Å². The fourth-order valence-corrected chi connectivity index (χ4v) is 1.86. The van der Waals surface area contributed by atoms with Crippen molar-refractivity contribution in [2.24, 2.45) is 9.98 Å². The van der Waals surface area contributed by atoms with Crippen LogP contribution in [-0.4, -0.2) is 11.7 Å². The molecule has 2 rings (SSSR count). The van der Waals surface area contributed by atoms with Gasteiger partial charge in [-0.25, -0.2) is 9.98 Å². The quantitative estimate of drug-likeness (QED) is 0.729. The maximum absolute atomic E-state index is 4.31. The van der Waals surface area contributed by atoms with Gasteiger partial charge in [-0.3, -0.25) is 0 Å². The molecule has 2 aromatic rings. The van der Waals surface area contributed by atoms with Gasteiger partial charge in [0.25, 0.3) is 0 Å². The number of hydrogen-bond donors (Lipinski definition) is 0. The van der Waals surface area contributed by atoms with Gasteiger partial charge in [-0.2, -0.15) is 0 Å². The zero-order chi connectivity index (χ0) is 14.2. The molecule has 0 radical (unpaired) electrons. The number of aliphatic imine (C=N–C) groups is 2. The van der Waals surface area contributed by atoms with Crippen molar-refractivity contribution in [1.29, 1.82) is 0 Å². The van der Waals surface area contributed by atoms with Gasteiger partial charge in [-0.05, 0) is 25.0 Å². The van der Waals surface area contributed by atoms with E-state index < -0.39 is 0 Å². The Balaban J connectivity index is 2.05. The molecule has 0 spiro atoms. The maximum atomic E-state index is 4.31. The van der Waals surface area contributed by atoms with Crippen LogP contribution in [0, 0.1) is 0 Å². The molecule has 0 aliphatic carbocycles. The van der Waals surface area contributed by atoms with E-state index in [4.69, 9.17) is 0 Å². The van der Waals surface area contributed by atoms with E-state index in [9.17, 15) is 0 Å². The van der Waals surface area contributed by atoms with Crippen molar-refractivity contribution in [3.8, 4) is 0 Å². The minimum absolute atomic E-state index is 0.0749. The first-order chi connectivity index (χ1) is 9.77. The molecular weight excluding hydrogens is 244 g/mol. The summed E-state index contributed by atoms with van der Waals surface area (Å²) in [5, 5.41) is 0. The fraction of sp³-hybridized carbons (Fsp3) is 0.222. The summed E-state index contributed by atoms with van der Waals surface area (Å²) in [7, 11) is 0. The molecule has 0 aliphatic rings. The van der Waals surface area contributed by atoms with Crippen LogP contribution in [0.3, 0.4) is 0 Å². The predicted octanol–water partition coefficient (Wildman–Crippen LogP) is 4.40. The first kappa shape index (κ1) is 14.0. The average molecular weight is 262 g/mol. The van der Waals surface area contributed by atoms with E-state index in [1.54, 1.807) is 0 Å². The van der Waals surface area contributed by atoms with Crippen LogP contribution >= 0.6 is 0 Å². The molecule has 2 atom stereocenters. The Morgan fingerprint density at radius 2 is 1.00 bits per heavy atom. The first-order valence-corrected chi connectivity index (χ1v) is 6.77. The lowest BCUT2D eigenvalue weighted by Gasteiger charge is -2.03. The van der Waals surface area contributed by atoms with Gasteiger partial charge in [0.1, 0.15) is 0 Å². The second-order valence-corrected chi connectivity index (χ2v) is 4.66. The van der Waals surface area contributed by atoms with Gasteiger partial charge in [-0.1, -0.05) is 60.7 Å². The SMILES string of the molecule is CC(N=C=C=NC(C)c1ccccc1)c1ccccc1. The Morgan fingerprint density at radius 1 is 0.650 bits per heavy atom. The van der Waals surface area contributed by atoms with E-state index in [0.29, 0.717) is 0 Å². The highest BCUT2D eigenvalue weighted by atomic mass is 14.8. The van der Waals surface area contributed by atoms with Gasteiger partial charge < -0.3 is 0 Å². The molecule has 0 bridgehead atoms. The molecule has 0 heterocycles. The second kappa shape index (κ2) is 7.25. The second-order valence-electron chi connectivity index (χ2n) is 4.66. The molecule has 0 fully saturated rings. The van der Waals surface area contributed by atoms with E-state index >= 15 is 0 Å². The van der Waals surface area contributed by atoms with Crippen molar-refractivity contribution in [2.45, 2.75) is 25.9 Å². The van der Waals surface area contributed by atoms with Crippen LogP contribution in [0.1, 0.15) is 37.1 Å². The molecule has 20 heavy (non-hydrogen) atoms. The number of rotatable bonds is 4. The molecule has 0 amide bonds. The van der Waals surface area contributed by atoms with E-state index in [1.165, 1.54) is 0 Å². The summed E-state index contributed by atoms with van der Waals surface area (Å²) in [6, 6.07) is 20.4. The van der Waals surface area contributed by atoms with Gasteiger partial charge in [-0.15, -0.1) is 0 Å². The minimum Gasteiger partial charge on any atom is -0.226 e. The largest absolute Gasteiger partial charge is 0.226 e. The van der Waals surface area contributed by atoms with E-state index in [1.807, 2.05) is 50.2 Å². The van der Waals surface area contributed by atoms with Crippen molar-refractivity contribution in [3.05, 3.63) is 71.8 Å². The van der Waals surface area contributed by atoms with Crippen molar-refractivity contribution in [1.82, 2.24) is 0 Å². The van der Waals surface area contributed by atoms with Crippen LogP contribution in [-0.2, 0) is 0 Å². The lowest BCUT2D eigenvalue weighted by atomic mass is 10.1. The predicted molar refractivity (Wildman–Crippen MR) is 84.6 cm³/mol. The average Bonchev–Trinajstić information content (AvgIpc) is 2.53. The molecular formula is C18H18N2. The minimum atomic E-state index is 0.0749. The number of hydrogen-bond acceptors (Lipinski definition) is 2. The highest BCUT2D eigenvalue weighted by Gasteiger charge is 2.00. The number of nitrogens with zero attached hydrogens (tertiary/aromatic N) is 2. The highest BCUT2D eigenvalue weighted by molar-refractivity contribution is 5.88. The third-order valence-corrected chi connectivity index (χ3v) is 3.13. The summed E-state index contributed by atoms with van der Waals surface area (Å²) < 4.78 is 0. The normalized spacial score (nSPS) is 12.7. The molecule has 0 saturated heterocycles. The molecule has 0 N–H and O–H groups in total. The molecule has 2 heteroatoms. The van der Waals surface area contributed by atoms with Gasteiger partial charge in [0.2, 0.25) is 0 Å². The van der Waals surface area contributed by atoms with E-state index in [0.717, 1.165) is 11.1 Å². The lowest BCUT2D eigenvalue weighted by molar-refractivity contribution is 0.823. The summed E-state index contributed by atoms with van der Waals surface area (Å²) in [6.45, 7) is 4.06. The monoisotopic (exact) mass is 262 g/mol. The summed E-state index contributed by atoms with van der Waals surface area (Å²) in [5.74, 6) is 5.59. The molecule has 2 unspecified atom stereocenters. The molecule has 0 saturated carbocycles. The fourth-order valence-electron chi connectivity index (χ4n) is 1.86. The molecule has 100 valence electrons. The first-order valence-electron chi connectivity index (χ1n) is 6.77. The molecule has 2 nitrogen and oxygen atoms in total. The highest BCUT2D eigenvalue weighted by Crippen LogP contribution is 2.15. The smallest absolute Gasteiger partial charge is 0.0822 e. The Kier molecular flexibility index (Phi) is 5.08. The summed E-state index contributed by atoms with van der Waals surface area (Å²) >= 11 is 0. The van der Waals surface area contributed by atoms with Gasteiger partial charge in [0.05, 0.1) is 23.8 Å². The summed E-state index contributed by atoms with van der Waals surface area (Å²) in [6.07, 6.45) is 0. The van der Waals surface area contributed by atoms with Crippen molar-refractivity contribution < 1.29 is 0 Å². The van der Waals surface area contributed by atoms with Crippen LogP contribution in [0.5, 0.6) is 0 Å². The van der Waals surface area contributed by atoms with E-state index in [-0.39, 0.29) is 12.1 Å². The Morgan fingerprint density at radius 3 is 1.35 bits per heavy atom. The van der Waals surface area contributed by atoms with Gasteiger partial charge >= 0.3 is 0 Å². The van der Waals surface area contributed by atoms with Gasteiger partial charge in [0.15, 0.2) is 0 Å². The van der Waals surface area contributed by atoms with Crippen LogP contribution < -0.4 is 0 Å². The zero-order valence-corrected chi connectivity index (χ0v) is 11.8. The molecule has 2 aromatic carbocycles. The lowest BCUT2D eigenvalue weighted by Crippen LogP contribution is -1.89. The van der Waals surface area contributed by atoms with Crippen molar-refractivity contribution in [3.63, 3.8) is 0 Å². The molecule has 0 aliphatic heterocycles. The Hall–Kier alpha value is -2.40. The van der Waals surface area contributed by atoms with Crippen molar-refractivity contribution in [2.75, 3.05) is 0 Å².